The number of nitrogens with two attached hydrogens (primary N) is 1. The zero-order valence-corrected chi connectivity index (χ0v) is 14.1. The zero-order valence-electron chi connectivity index (χ0n) is 14.1. The normalized spacial score (nSPS) is 10.7. The molecule has 0 unspecified atom stereocenters. The van der Waals surface area contributed by atoms with Crippen LogP contribution in [0.15, 0.2) is 78.9 Å². The third-order valence-electron chi connectivity index (χ3n) is 4.40. The van der Waals surface area contributed by atoms with Gasteiger partial charge in [0.2, 0.25) is 0 Å². The van der Waals surface area contributed by atoms with Crippen molar-refractivity contribution in [2.24, 2.45) is 5.73 Å². The van der Waals surface area contributed by atoms with Gasteiger partial charge in [0.1, 0.15) is 0 Å². The van der Waals surface area contributed by atoms with Crippen LogP contribution in [0.3, 0.4) is 0 Å². The van der Waals surface area contributed by atoms with Gasteiger partial charge in [0.15, 0.2) is 0 Å². The van der Waals surface area contributed by atoms with Gasteiger partial charge >= 0.3 is 0 Å². The van der Waals surface area contributed by atoms with Crippen molar-refractivity contribution in [2.45, 2.75) is 25.7 Å². The summed E-state index contributed by atoms with van der Waals surface area (Å²) in [5, 5.41) is 0. The van der Waals surface area contributed by atoms with Crippen molar-refractivity contribution in [2.75, 3.05) is 6.54 Å². The predicted molar refractivity (Wildman–Crippen MR) is 103 cm³/mol. The first-order chi connectivity index (χ1) is 11.8. The van der Waals surface area contributed by atoms with Gasteiger partial charge in [-0.05, 0) is 60.0 Å². The number of aryl methyl sites for hydroxylation is 3. The largest absolute Gasteiger partial charge is 0.330 e. The highest BCUT2D eigenvalue weighted by molar-refractivity contribution is 5.63. The standard InChI is InChI=1S/C23H25N/c24-16-6-10-19-7-4-8-20(17-19)14-15-21-9-5-13-23(18-21)22-11-2-1-3-12-22/h1-5,7-9,11-13,17-18H,6,10,14-16,24H2. The zero-order chi connectivity index (χ0) is 16.6. The highest BCUT2D eigenvalue weighted by atomic mass is 14.5. The molecule has 3 aromatic rings. The lowest BCUT2D eigenvalue weighted by Crippen LogP contribution is -2.00. The smallest absolute Gasteiger partial charge is 0.00741 e. The lowest BCUT2D eigenvalue weighted by molar-refractivity contribution is 0.829. The van der Waals surface area contributed by atoms with Crippen LogP contribution in [0.4, 0.5) is 0 Å². The van der Waals surface area contributed by atoms with E-state index in [1.807, 2.05) is 0 Å². The van der Waals surface area contributed by atoms with Gasteiger partial charge < -0.3 is 5.73 Å². The quantitative estimate of drug-likeness (QED) is 0.650. The fourth-order valence-corrected chi connectivity index (χ4v) is 3.07. The SMILES string of the molecule is NCCCc1cccc(CCc2cccc(-c3ccccc3)c2)c1. The van der Waals surface area contributed by atoms with Crippen molar-refractivity contribution in [3.8, 4) is 11.1 Å². The summed E-state index contributed by atoms with van der Waals surface area (Å²) in [5.74, 6) is 0. The molecule has 0 amide bonds. The topological polar surface area (TPSA) is 26.0 Å². The van der Waals surface area contributed by atoms with Gasteiger partial charge in [-0.3, -0.25) is 0 Å². The average molecular weight is 315 g/mol. The van der Waals surface area contributed by atoms with E-state index in [2.05, 4.69) is 78.9 Å². The molecule has 0 atom stereocenters. The first-order valence-corrected chi connectivity index (χ1v) is 8.77. The van der Waals surface area contributed by atoms with Crippen molar-refractivity contribution < 1.29 is 0 Å². The Balaban J connectivity index is 1.67. The number of hydrogen-bond donors (Lipinski definition) is 1. The van der Waals surface area contributed by atoms with Crippen LogP contribution < -0.4 is 5.73 Å². The number of hydrogen-bond acceptors (Lipinski definition) is 1. The summed E-state index contributed by atoms with van der Waals surface area (Å²) in [6, 6.07) is 28.4. The monoisotopic (exact) mass is 315 g/mol. The molecule has 1 nitrogen and oxygen atoms in total. The summed E-state index contributed by atoms with van der Waals surface area (Å²) in [5.41, 5.74) is 12.4. The Kier molecular flexibility index (Phi) is 5.81. The average Bonchev–Trinajstić information content (AvgIpc) is 2.66. The van der Waals surface area contributed by atoms with Crippen molar-refractivity contribution in [1.29, 1.82) is 0 Å². The number of benzene rings is 3. The van der Waals surface area contributed by atoms with Gasteiger partial charge in [-0.15, -0.1) is 0 Å². The van der Waals surface area contributed by atoms with E-state index in [1.165, 1.54) is 27.8 Å². The molecule has 0 bridgehead atoms. The van der Waals surface area contributed by atoms with Crippen LogP contribution in [0.2, 0.25) is 0 Å². The molecule has 2 N–H and O–H groups in total. The maximum Gasteiger partial charge on any atom is -0.00741 e. The van der Waals surface area contributed by atoms with Gasteiger partial charge in [-0.2, -0.15) is 0 Å². The fraction of sp³-hybridized carbons (Fsp3) is 0.217. The van der Waals surface area contributed by atoms with E-state index in [0.717, 1.165) is 32.2 Å². The first-order valence-electron chi connectivity index (χ1n) is 8.77. The molecule has 0 fully saturated rings. The second-order valence-corrected chi connectivity index (χ2v) is 6.28. The first kappa shape index (κ1) is 16.5. The maximum absolute atomic E-state index is 5.61. The van der Waals surface area contributed by atoms with Crippen molar-refractivity contribution in [1.82, 2.24) is 0 Å². The minimum atomic E-state index is 0.760. The Hall–Kier alpha value is -2.38. The summed E-state index contributed by atoms with van der Waals surface area (Å²) in [6.45, 7) is 0.760. The maximum atomic E-state index is 5.61. The van der Waals surface area contributed by atoms with Crippen molar-refractivity contribution in [3.05, 3.63) is 95.6 Å². The highest BCUT2D eigenvalue weighted by Crippen LogP contribution is 2.21. The Labute approximate surface area is 145 Å². The minimum Gasteiger partial charge on any atom is -0.330 e. The Morgan fingerprint density at radius 1 is 0.542 bits per heavy atom. The van der Waals surface area contributed by atoms with Crippen molar-refractivity contribution >= 4 is 0 Å². The molecule has 0 aliphatic carbocycles. The molecule has 0 radical (unpaired) electrons. The molecule has 0 aliphatic heterocycles. The molecule has 0 aromatic heterocycles. The van der Waals surface area contributed by atoms with E-state index in [4.69, 9.17) is 5.73 Å². The molecule has 0 spiro atoms. The summed E-state index contributed by atoms with van der Waals surface area (Å²) < 4.78 is 0. The van der Waals surface area contributed by atoms with Crippen LogP contribution in [0, 0.1) is 0 Å². The van der Waals surface area contributed by atoms with Crippen LogP contribution in [0.25, 0.3) is 11.1 Å². The second kappa shape index (κ2) is 8.47. The van der Waals surface area contributed by atoms with E-state index in [1.54, 1.807) is 0 Å². The fourth-order valence-electron chi connectivity index (χ4n) is 3.07. The van der Waals surface area contributed by atoms with E-state index in [9.17, 15) is 0 Å². The van der Waals surface area contributed by atoms with Gasteiger partial charge in [0, 0.05) is 0 Å². The van der Waals surface area contributed by atoms with E-state index in [-0.39, 0.29) is 0 Å². The predicted octanol–water partition coefficient (Wildman–Crippen LogP) is 5.03. The molecular weight excluding hydrogens is 290 g/mol. The summed E-state index contributed by atoms with van der Waals surface area (Å²) in [4.78, 5) is 0. The minimum absolute atomic E-state index is 0.760. The molecule has 3 aromatic carbocycles. The van der Waals surface area contributed by atoms with E-state index < -0.39 is 0 Å². The van der Waals surface area contributed by atoms with Gasteiger partial charge in [0.05, 0.1) is 0 Å². The molecular formula is C23H25N. The third kappa shape index (κ3) is 4.56. The molecule has 1 heteroatoms. The summed E-state index contributed by atoms with van der Waals surface area (Å²) in [7, 11) is 0. The Morgan fingerprint density at radius 2 is 1.12 bits per heavy atom. The number of rotatable bonds is 7. The van der Waals surface area contributed by atoms with Gasteiger partial charge in [-0.1, -0.05) is 78.9 Å². The third-order valence-corrected chi connectivity index (χ3v) is 4.40. The summed E-state index contributed by atoms with van der Waals surface area (Å²) in [6.07, 6.45) is 4.28. The van der Waals surface area contributed by atoms with E-state index >= 15 is 0 Å². The lowest BCUT2D eigenvalue weighted by atomic mass is 9.98. The second-order valence-electron chi connectivity index (χ2n) is 6.28. The molecule has 24 heavy (non-hydrogen) atoms. The Morgan fingerprint density at radius 3 is 1.83 bits per heavy atom. The highest BCUT2D eigenvalue weighted by Gasteiger charge is 2.01. The van der Waals surface area contributed by atoms with Gasteiger partial charge in [0.25, 0.3) is 0 Å². The molecule has 0 saturated heterocycles. The molecule has 3 rings (SSSR count). The van der Waals surface area contributed by atoms with Crippen LogP contribution in [0.5, 0.6) is 0 Å². The molecule has 0 heterocycles. The van der Waals surface area contributed by atoms with Crippen LogP contribution >= 0.6 is 0 Å². The van der Waals surface area contributed by atoms with E-state index in [0.29, 0.717) is 0 Å². The van der Waals surface area contributed by atoms with Gasteiger partial charge in [-0.25, -0.2) is 0 Å². The van der Waals surface area contributed by atoms with Crippen LogP contribution in [0.1, 0.15) is 23.1 Å². The molecule has 122 valence electrons. The lowest BCUT2D eigenvalue weighted by Gasteiger charge is -2.07. The molecule has 0 saturated carbocycles. The van der Waals surface area contributed by atoms with Crippen LogP contribution in [-0.4, -0.2) is 6.54 Å². The molecule has 0 aliphatic rings. The summed E-state index contributed by atoms with van der Waals surface area (Å²) >= 11 is 0. The Bertz CT molecular complexity index is 762. The van der Waals surface area contributed by atoms with Crippen LogP contribution in [-0.2, 0) is 19.3 Å². The van der Waals surface area contributed by atoms with Crippen molar-refractivity contribution in [3.63, 3.8) is 0 Å².